The van der Waals surface area contributed by atoms with Crippen LogP contribution in [0.25, 0.3) is 11.4 Å². The molecule has 6 nitrogen and oxygen atoms in total. The molecule has 1 aliphatic heterocycles. The number of aromatic nitrogens is 2. The maximum absolute atomic E-state index is 12.9. The fourth-order valence-electron chi connectivity index (χ4n) is 4.33. The van der Waals surface area contributed by atoms with Gasteiger partial charge in [0.25, 0.3) is 11.5 Å². The van der Waals surface area contributed by atoms with Crippen LogP contribution in [0.15, 0.2) is 35.3 Å². The standard InChI is InChI=1S/C21H25N3O3/c1-14-5-7-15(8-6-14)18-22-12-17(19(25)23-18)20(26)24-11-10-21(27)9-3-2-4-16(21)13-24/h5-8,12,16,27H,2-4,9-11,13H2,1H3,(H,22,23,25)/t16-,21-/m0/s1. The molecule has 0 bridgehead atoms. The molecule has 1 saturated carbocycles. The van der Waals surface area contributed by atoms with E-state index >= 15 is 0 Å². The summed E-state index contributed by atoms with van der Waals surface area (Å²) >= 11 is 0. The van der Waals surface area contributed by atoms with Gasteiger partial charge in [-0.05, 0) is 26.2 Å². The van der Waals surface area contributed by atoms with Crippen LogP contribution in [0.3, 0.4) is 0 Å². The van der Waals surface area contributed by atoms with Gasteiger partial charge in [0.2, 0.25) is 0 Å². The summed E-state index contributed by atoms with van der Waals surface area (Å²) in [6, 6.07) is 7.69. The van der Waals surface area contributed by atoms with E-state index in [0.717, 1.165) is 36.8 Å². The third-order valence-electron chi connectivity index (χ3n) is 6.07. The zero-order valence-electron chi connectivity index (χ0n) is 15.6. The number of amides is 1. The van der Waals surface area contributed by atoms with Crippen molar-refractivity contribution in [2.24, 2.45) is 5.92 Å². The molecule has 27 heavy (non-hydrogen) atoms. The van der Waals surface area contributed by atoms with Crippen LogP contribution in [0.1, 0.15) is 48.0 Å². The highest BCUT2D eigenvalue weighted by atomic mass is 16.3. The third kappa shape index (κ3) is 3.41. The Morgan fingerprint density at radius 3 is 2.78 bits per heavy atom. The molecule has 2 aliphatic rings. The first-order chi connectivity index (χ1) is 13.0. The van der Waals surface area contributed by atoms with Crippen LogP contribution in [0.5, 0.6) is 0 Å². The molecule has 1 amide bonds. The summed E-state index contributed by atoms with van der Waals surface area (Å²) in [6.07, 6.45) is 5.83. The van der Waals surface area contributed by atoms with Crippen LogP contribution in [-0.4, -0.2) is 44.6 Å². The number of aryl methyl sites for hydroxylation is 1. The second kappa shape index (κ2) is 6.93. The number of aromatic amines is 1. The summed E-state index contributed by atoms with van der Waals surface area (Å²) in [5.41, 5.74) is 0.930. The number of rotatable bonds is 2. The lowest BCUT2D eigenvalue weighted by Crippen LogP contribution is -2.55. The molecule has 6 heteroatoms. The molecule has 0 unspecified atom stereocenters. The Morgan fingerprint density at radius 1 is 1.26 bits per heavy atom. The Morgan fingerprint density at radius 2 is 2.04 bits per heavy atom. The predicted octanol–water partition coefficient (Wildman–Crippen LogP) is 2.51. The van der Waals surface area contributed by atoms with Crippen molar-refractivity contribution in [2.45, 2.75) is 44.6 Å². The molecule has 1 aromatic heterocycles. The van der Waals surface area contributed by atoms with E-state index in [1.807, 2.05) is 31.2 Å². The minimum atomic E-state index is -0.644. The predicted molar refractivity (Wildman–Crippen MR) is 102 cm³/mol. The van der Waals surface area contributed by atoms with Crippen LogP contribution in [0.2, 0.25) is 0 Å². The topological polar surface area (TPSA) is 86.3 Å². The van der Waals surface area contributed by atoms with Crippen molar-refractivity contribution in [3.63, 3.8) is 0 Å². The largest absolute Gasteiger partial charge is 0.389 e. The fraction of sp³-hybridized carbons (Fsp3) is 0.476. The number of nitrogens with one attached hydrogen (secondary N) is 1. The minimum absolute atomic E-state index is 0.0621. The van der Waals surface area contributed by atoms with Gasteiger partial charge in [-0.1, -0.05) is 42.7 Å². The second-order valence-corrected chi connectivity index (χ2v) is 7.89. The van der Waals surface area contributed by atoms with Crippen LogP contribution in [0, 0.1) is 12.8 Å². The van der Waals surface area contributed by atoms with Crippen molar-refractivity contribution in [3.8, 4) is 11.4 Å². The molecular formula is C21H25N3O3. The number of piperidine rings is 1. The summed E-state index contributed by atoms with van der Waals surface area (Å²) < 4.78 is 0. The van der Waals surface area contributed by atoms with E-state index in [4.69, 9.17) is 0 Å². The first kappa shape index (κ1) is 17.9. The Kier molecular flexibility index (Phi) is 4.60. The molecule has 2 heterocycles. The summed E-state index contributed by atoms with van der Waals surface area (Å²) in [6.45, 7) is 2.98. The van der Waals surface area contributed by atoms with Gasteiger partial charge in [0.15, 0.2) is 0 Å². The molecule has 2 fully saturated rings. The highest BCUT2D eigenvalue weighted by Gasteiger charge is 2.44. The number of aliphatic hydroxyl groups is 1. The van der Waals surface area contributed by atoms with E-state index in [1.165, 1.54) is 6.20 Å². The average Bonchev–Trinajstić information content (AvgIpc) is 2.67. The van der Waals surface area contributed by atoms with E-state index in [1.54, 1.807) is 4.90 Å². The molecule has 2 N–H and O–H groups in total. The van der Waals surface area contributed by atoms with Gasteiger partial charge in [-0.15, -0.1) is 0 Å². The fourth-order valence-corrected chi connectivity index (χ4v) is 4.33. The van der Waals surface area contributed by atoms with E-state index in [0.29, 0.717) is 25.3 Å². The zero-order valence-corrected chi connectivity index (χ0v) is 15.6. The molecule has 1 aliphatic carbocycles. The Balaban J connectivity index is 1.54. The van der Waals surface area contributed by atoms with Gasteiger partial charge in [-0.2, -0.15) is 0 Å². The highest BCUT2D eigenvalue weighted by Crippen LogP contribution is 2.39. The van der Waals surface area contributed by atoms with Crippen LogP contribution in [0.4, 0.5) is 0 Å². The van der Waals surface area contributed by atoms with E-state index in [-0.39, 0.29) is 17.4 Å². The maximum Gasteiger partial charge on any atom is 0.264 e. The molecular weight excluding hydrogens is 342 g/mol. The Labute approximate surface area is 158 Å². The van der Waals surface area contributed by atoms with E-state index < -0.39 is 11.2 Å². The van der Waals surface area contributed by atoms with Crippen molar-refractivity contribution in [1.29, 1.82) is 0 Å². The van der Waals surface area contributed by atoms with Crippen molar-refractivity contribution < 1.29 is 9.90 Å². The monoisotopic (exact) mass is 367 g/mol. The van der Waals surface area contributed by atoms with Gasteiger partial charge >= 0.3 is 0 Å². The first-order valence-corrected chi connectivity index (χ1v) is 9.64. The van der Waals surface area contributed by atoms with Crippen molar-refractivity contribution in [3.05, 3.63) is 51.9 Å². The molecule has 0 spiro atoms. The Bertz CT molecular complexity index is 906. The first-order valence-electron chi connectivity index (χ1n) is 9.64. The van der Waals surface area contributed by atoms with Gasteiger partial charge < -0.3 is 15.0 Å². The minimum Gasteiger partial charge on any atom is -0.389 e. The molecule has 4 rings (SSSR count). The molecule has 2 atom stereocenters. The quantitative estimate of drug-likeness (QED) is 0.854. The lowest BCUT2D eigenvalue weighted by molar-refractivity contribution is -0.0886. The van der Waals surface area contributed by atoms with Gasteiger partial charge in [-0.3, -0.25) is 9.59 Å². The number of hydrogen-bond donors (Lipinski definition) is 2. The molecule has 1 saturated heterocycles. The number of benzene rings is 1. The van der Waals surface area contributed by atoms with E-state index in [2.05, 4.69) is 9.97 Å². The molecule has 2 aromatic rings. The number of likely N-dealkylation sites (tertiary alicyclic amines) is 1. The van der Waals surface area contributed by atoms with E-state index in [9.17, 15) is 14.7 Å². The third-order valence-corrected chi connectivity index (χ3v) is 6.07. The summed E-state index contributed by atoms with van der Waals surface area (Å²) in [5, 5.41) is 10.8. The molecule has 1 aromatic carbocycles. The maximum atomic E-state index is 12.9. The number of H-pyrrole nitrogens is 1. The lowest BCUT2D eigenvalue weighted by atomic mass is 9.71. The van der Waals surface area contributed by atoms with Crippen LogP contribution < -0.4 is 5.56 Å². The normalized spacial score (nSPS) is 25.1. The van der Waals surface area contributed by atoms with Crippen molar-refractivity contribution in [2.75, 3.05) is 13.1 Å². The van der Waals surface area contributed by atoms with Crippen LogP contribution in [-0.2, 0) is 0 Å². The number of carbonyl (C=O) groups excluding carboxylic acids is 1. The highest BCUT2D eigenvalue weighted by molar-refractivity contribution is 5.93. The van der Waals surface area contributed by atoms with Gasteiger partial charge in [0.05, 0.1) is 5.60 Å². The molecule has 142 valence electrons. The lowest BCUT2D eigenvalue weighted by Gasteiger charge is -2.47. The van der Waals surface area contributed by atoms with Crippen molar-refractivity contribution >= 4 is 5.91 Å². The number of fused-ring (bicyclic) bond motifs is 1. The molecule has 0 radical (unpaired) electrons. The number of carbonyl (C=O) groups is 1. The zero-order chi connectivity index (χ0) is 19.0. The number of hydrogen-bond acceptors (Lipinski definition) is 4. The summed E-state index contributed by atoms with van der Waals surface area (Å²) in [4.78, 5) is 34.1. The number of nitrogens with zero attached hydrogens (tertiary/aromatic N) is 2. The smallest absolute Gasteiger partial charge is 0.264 e. The second-order valence-electron chi connectivity index (χ2n) is 7.89. The van der Waals surface area contributed by atoms with Gasteiger partial charge in [-0.25, -0.2) is 4.98 Å². The van der Waals surface area contributed by atoms with Crippen molar-refractivity contribution in [1.82, 2.24) is 14.9 Å². The van der Waals surface area contributed by atoms with Gasteiger partial charge in [0.1, 0.15) is 11.4 Å². The summed E-state index contributed by atoms with van der Waals surface area (Å²) in [7, 11) is 0. The summed E-state index contributed by atoms with van der Waals surface area (Å²) in [5.74, 6) is 0.256. The van der Waals surface area contributed by atoms with Gasteiger partial charge in [0, 0.05) is 30.8 Å². The SMILES string of the molecule is Cc1ccc(-c2ncc(C(=O)N3CC[C@@]4(O)CCCC[C@H]4C3)c(=O)[nH]2)cc1. The van der Waals surface area contributed by atoms with Crippen LogP contribution >= 0.6 is 0 Å². The Hall–Kier alpha value is -2.47. The average molecular weight is 367 g/mol.